The fourth-order valence-electron chi connectivity index (χ4n) is 1.80. The molecule has 2 aromatic heterocycles. The van der Waals surface area contributed by atoms with Crippen LogP contribution in [0.1, 0.15) is 21.7 Å². The Morgan fingerprint density at radius 3 is 2.44 bits per heavy atom. The van der Waals surface area contributed by atoms with Crippen LogP contribution in [0.3, 0.4) is 0 Å². The molecule has 0 aromatic carbocycles. The maximum Gasteiger partial charge on any atom is 0.339 e. The van der Waals surface area contributed by atoms with Crippen LogP contribution >= 0.6 is 0 Å². The second-order valence-corrected chi connectivity index (χ2v) is 3.65. The molecule has 0 radical (unpaired) electrons. The van der Waals surface area contributed by atoms with Gasteiger partial charge in [0.05, 0.1) is 5.69 Å². The van der Waals surface area contributed by atoms with Crippen LogP contribution in [0.5, 0.6) is 0 Å². The topological polar surface area (TPSA) is 55.1 Å². The van der Waals surface area contributed by atoms with E-state index in [1.165, 1.54) is 6.20 Å². The Morgan fingerprint density at radius 2 is 1.88 bits per heavy atom. The number of carboxylic acid groups (broad SMARTS) is 1. The standard InChI is InChI=1S/C12H12N2O2/c1-8-3-4-9(2)14(8)11-5-6-13-7-10(11)12(15)16/h3-7H,1-2H3,(H,15,16). The average molecular weight is 216 g/mol. The van der Waals surface area contributed by atoms with Crippen LogP contribution in [0, 0.1) is 13.8 Å². The molecule has 16 heavy (non-hydrogen) atoms. The Bertz CT molecular complexity index is 524. The van der Waals surface area contributed by atoms with E-state index in [2.05, 4.69) is 4.98 Å². The van der Waals surface area contributed by atoms with Gasteiger partial charge in [-0.25, -0.2) is 4.79 Å². The zero-order valence-corrected chi connectivity index (χ0v) is 9.14. The van der Waals surface area contributed by atoms with Gasteiger partial charge in [-0.15, -0.1) is 0 Å². The van der Waals surface area contributed by atoms with Gasteiger partial charge in [0.2, 0.25) is 0 Å². The van der Waals surface area contributed by atoms with E-state index in [1.54, 1.807) is 12.3 Å². The SMILES string of the molecule is Cc1ccc(C)n1-c1ccncc1C(=O)O. The molecular formula is C12H12N2O2. The largest absolute Gasteiger partial charge is 0.478 e. The molecule has 0 amide bonds. The monoisotopic (exact) mass is 216 g/mol. The molecule has 4 heteroatoms. The van der Waals surface area contributed by atoms with Gasteiger partial charge in [-0.2, -0.15) is 0 Å². The lowest BCUT2D eigenvalue weighted by Gasteiger charge is -2.11. The number of rotatable bonds is 2. The molecule has 1 N–H and O–H groups in total. The van der Waals surface area contributed by atoms with Crippen LogP contribution in [-0.4, -0.2) is 20.6 Å². The van der Waals surface area contributed by atoms with E-state index in [0.717, 1.165) is 11.4 Å². The van der Waals surface area contributed by atoms with Crippen molar-refractivity contribution in [1.82, 2.24) is 9.55 Å². The second-order valence-electron chi connectivity index (χ2n) is 3.65. The van der Waals surface area contributed by atoms with Crippen LogP contribution in [0.25, 0.3) is 5.69 Å². The van der Waals surface area contributed by atoms with Crippen molar-refractivity contribution in [1.29, 1.82) is 0 Å². The maximum atomic E-state index is 11.1. The summed E-state index contributed by atoms with van der Waals surface area (Å²) in [5.41, 5.74) is 2.88. The first kappa shape index (κ1) is 10.4. The molecule has 0 unspecified atom stereocenters. The van der Waals surface area contributed by atoms with Crippen molar-refractivity contribution in [3.05, 3.63) is 47.5 Å². The van der Waals surface area contributed by atoms with Crippen molar-refractivity contribution in [2.75, 3.05) is 0 Å². The summed E-state index contributed by atoms with van der Waals surface area (Å²) in [4.78, 5) is 14.9. The lowest BCUT2D eigenvalue weighted by atomic mass is 10.2. The fourth-order valence-corrected chi connectivity index (χ4v) is 1.80. The first-order valence-electron chi connectivity index (χ1n) is 4.94. The lowest BCUT2D eigenvalue weighted by Crippen LogP contribution is -2.08. The number of carboxylic acids is 1. The zero-order chi connectivity index (χ0) is 11.7. The highest BCUT2D eigenvalue weighted by Gasteiger charge is 2.13. The summed E-state index contributed by atoms with van der Waals surface area (Å²) in [6.07, 6.45) is 2.97. The summed E-state index contributed by atoms with van der Waals surface area (Å²) < 4.78 is 1.91. The van der Waals surface area contributed by atoms with E-state index in [1.807, 2.05) is 30.5 Å². The minimum atomic E-state index is -0.962. The summed E-state index contributed by atoms with van der Waals surface area (Å²) in [7, 11) is 0. The quantitative estimate of drug-likeness (QED) is 0.837. The third-order valence-electron chi connectivity index (χ3n) is 2.54. The highest BCUT2D eigenvalue weighted by molar-refractivity contribution is 5.91. The van der Waals surface area contributed by atoms with Crippen LogP contribution < -0.4 is 0 Å². The van der Waals surface area contributed by atoms with E-state index >= 15 is 0 Å². The van der Waals surface area contributed by atoms with Gasteiger partial charge in [0, 0.05) is 23.8 Å². The minimum Gasteiger partial charge on any atom is -0.478 e. The average Bonchev–Trinajstić information content (AvgIpc) is 2.58. The van der Waals surface area contributed by atoms with Gasteiger partial charge in [-0.05, 0) is 32.0 Å². The second kappa shape index (κ2) is 3.81. The fraction of sp³-hybridized carbons (Fsp3) is 0.167. The molecule has 0 saturated heterocycles. The van der Waals surface area contributed by atoms with Crippen molar-refractivity contribution >= 4 is 5.97 Å². The molecule has 0 aliphatic carbocycles. The Kier molecular flexibility index (Phi) is 2.48. The third-order valence-corrected chi connectivity index (χ3v) is 2.54. The van der Waals surface area contributed by atoms with Crippen molar-refractivity contribution in [2.45, 2.75) is 13.8 Å². The lowest BCUT2D eigenvalue weighted by molar-refractivity contribution is 0.0696. The number of hydrogen-bond donors (Lipinski definition) is 1. The molecule has 2 heterocycles. The number of nitrogens with zero attached hydrogens (tertiary/aromatic N) is 2. The van der Waals surface area contributed by atoms with Crippen LogP contribution in [-0.2, 0) is 0 Å². The van der Waals surface area contributed by atoms with E-state index in [-0.39, 0.29) is 5.56 Å². The van der Waals surface area contributed by atoms with Gasteiger partial charge in [0.15, 0.2) is 0 Å². The molecule has 2 aromatic rings. The summed E-state index contributed by atoms with van der Waals surface area (Å²) in [6, 6.07) is 5.63. The Balaban J connectivity index is 2.69. The van der Waals surface area contributed by atoms with Crippen molar-refractivity contribution in [2.24, 2.45) is 0 Å². The third kappa shape index (κ3) is 1.58. The summed E-state index contributed by atoms with van der Waals surface area (Å²) in [6.45, 7) is 3.89. The first-order chi connectivity index (χ1) is 7.61. The van der Waals surface area contributed by atoms with Crippen LogP contribution in [0.15, 0.2) is 30.6 Å². The number of aryl methyl sites for hydroxylation is 2. The minimum absolute atomic E-state index is 0.213. The Labute approximate surface area is 93.2 Å². The first-order valence-corrected chi connectivity index (χ1v) is 4.94. The molecule has 0 aliphatic rings. The highest BCUT2D eigenvalue weighted by Crippen LogP contribution is 2.19. The number of carbonyl (C=O) groups is 1. The summed E-state index contributed by atoms with van der Waals surface area (Å²) in [5, 5.41) is 9.09. The van der Waals surface area contributed by atoms with Crippen LogP contribution in [0.4, 0.5) is 0 Å². The maximum absolute atomic E-state index is 11.1. The van der Waals surface area contributed by atoms with Crippen molar-refractivity contribution < 1.29 is 9.90 Å². The molecule has 0 aliphatic heterocycles. The van der Waals surface area contributed by atoms with Gasteiger partial charge in [0.25, 0.3) is 0 Å². The molecule has 0 atom stereocenters. The van der Waals surface area contributed by atoms with Gasteiger partial charge in [-0.1, -0.05) is 0 Å². The number of hydrogen-bond acceptors (Lipinski definition) is 2. The van der Waals surface area contributed by atoms with Gasteiger partial charge in [-0.3, -0.25) is 4.98 Å². The number of aromatic carboxylic acids is 1. The molecule has 0 spiro atoms. The van der Waals surface area contributed by atoms with Gasteiger partial charge in [0.1, 0.15) is 5.56 Å². The van der Waals surface area contributed by atoms with E-state index in [0.29, 0.717) is 5.69 Å². The highest BCUT2D eigenvalue weighted by atomic mass is 16.4. The predicted molar refractivity (Wildman–Crippen MR) is 60.0 cm³/mol. The van der Waals surface area contributed by atoms with Crippen molar-refractivity contribution in [3.8, 4) is 5.69 Å². The smallest absolute Gasteiger partial charge is 0.339 e. The number of pyridine rings is 1. The Hall–Kier alpha value is -2.10. The van der Waals surface area contributed by atoms with Crippen molar-refractivity contribution in [3.63, 3.8) is 0 Å². The molecule has 4 nitrogen and oxygen atoms in total. The number of aromatic nitrogens is 2. The normalized spacial score (nSPS) is 10.4. The van der Waals surface area contributed by atoms with Gasteiger partial charge >= 0.3 is 5.97 Å². The molecule has 2 rings (SSSR count). The van der Waals surface area contributed by atoms with E-state index in [9.17, 15) is 4.79 Å². The summed E-state index contributed by atoms with van der Waals surface area (Å²) >= 11 is 0. The zero-order valence-electron chi connectivity index (χ0n) is 9.14. The van der Waals surface area contributed by atoms with Crippen LogP contribution in [0.2, 0.25) is 0 Å². The van der Waals surface area contributed by atoms with E-state index < -0.39 is 5.97 Å². The molecule has 82 valence electrons. The van der Waals surface area contributed by atoms with E-state index in [4.69, 9.17) is 5.11 Å². The Morgan fingerprint density at radius 1 is 1.25 bits per heavy atom. The molecular weight excluding hydrogens is 204 g/mol. The van der Waals surface area contributed by atoms with Gasteiger partial charge < -0.3 is 9.67 Å². The molecule has 0 saturated carbocycles. The molecule has 0 fully saturated rings. The predicted octanol–water partition coefficient (Wildman–Crippen LogP) is 2.19. The summed E-state index contributed by atoms with van der Waals surface area (Å²) in [5.74, 6) is -0.962. The molecule has 0 bridgehead atoms.